The Hall–Kier alpha value is -2.93. The highest BCUT2D eigenvalue weighted by atomic mass is 16.5. The smallest absolute Gasteiger partial charge is 0.224 e. The van der Waals surface area contributed by atoms with Gasteiger partial charge in [0.25, 0.3) is 0 Å². The first-order valence-corrected chi connectivity index (χ1v) is 11.3. The van der Waals surface area contributed by atoms with Gasteiger partial charge in [0, 0.05) is 51.4 Å². The number of benzene rings is 2. The van der Waals surface area contributed by atoms with Crippen LogP contribution in [0.15, 0.2) is 36.4 Å². The third-order valence-corrected chi connectivity index (χ3v) is 5.38. The fourth-order valence-corrected chi connectivity index (χ4v) is 3.68. The summed E-state index contributed by atoms with van der Waals surface area (Å²) in [6, 6.07) is 12.1. The standard InChI is InChI=1S/C25H35N3O4/c1-5-31-23-18-22(28-13-15-30-16-14-28)24(32-6-2)17-21(23)26-25(29)12-9-19-7-10-20(11-8-19)27(3)4/h7-8,10-11,17-18H,5-6,9,12-16H2,1-4H3,(H,26,29). The van der Waals surface area contributed by atoms with E-state index in [1.54, 1.807) is 0 Å². The van der Waals surface area contributed by atoms with Gasteiger partial charge in [-0.25, -0.2) is 0 Å². The number of nitrogens with one attached hydrogen (secondary N) is 1. The molecule has 0 spiro atoms. The van der Waals surface area contributed by atoms with Crippen molar-refractivity contribution in [1.29, 1.82) is 0 Å². The molecule has 7 nitrogen and oxygen atoms in total. The number of nitrogens with zero attached hydrogens (tertiary/aromatic N) is 2. The number of hydrogen-bond donors (Lipinski definition) is 1. The van der Waals surface area contributed by atoms with Gasteiger partial charge in [0.2, 0.25) is 5.91 Å². The van der Waals surface area contributed by atoms with Gasteiger partial charge < -0.3 is 29.3 Å². The van der Waals surface area contributed by atoms with E-state index < -0.39 is 0 Å². The van der Waals surface area contributed by atoms with Crippen LogP contribution in [0.5, 0.6) is 11.5 Å². The van der Waals surface area contributed by atoms with Gasteiger partial charge in [0.15, 0.2) is 0 Å². The zero-order chi connectivity index (χ0) is 22.9. The number of carbonyl (C=O) groups is 1. The normalized spacial score (nSPS) is 13.6. The molecule has 0 aromatic heterocycles. The molecule has 32 heavy (non-hydrogen) atoms. The summed E-state index contributed by atoms with van der Waals surface area (Å²) in [6.07, 6.45) is 1.07. The summed E-state index contributed by atoms with van der Waals surface area (Å²) in [4.78, 5) is 17.0. The highest BCUT2D eigenvalue weighted by Gasteiger charge is 2.20. The minimum Gasteiger partial charge on any atom is -0.492 e. The molecule has 0 unspecified atom stereocenters. The Balaban J connectivity index is 1.73. The van der Waals surface area contributed by atoms with Crippen LogP contribution in [-0.4, -0.2) is 59.5 Å². The quantitative estimate of drug-likeness (QED) is 0.602. The lowest BCUT2D eigenvalue weighted by molar-refractivity contribution is -0.116. The molecule has 2 aromatic carbocycles. The van der Waals surface area contributed by atoms with E-state index >= 15 is 0 Å². The molecule has 1 heterocycles. The summed E-state index contributed by atoms with van der Waals surface area (Å²) in [5.74, 6) is 1.35. The first-order valence-electron chi connectivity index (χ1n) is 11.3. The fraction of sp³-hybridized carbons (Fsp3) is 0.480. The third kappa shape index (κ3) is 6.29. The lowest BCUT2D eigenvalue weighted by atomic mass is 10.1. The summed E-state index contributed by atoms with van der Waals surface area (Å²) >= 11 is 0. The molecule has 0 atom stereocenters. The third-order valence-electron chi connectivity index (χ3n) is 5.38. The Morgan fingerprint density at radius 3 is 2.31 bits per heavy atom. The Kier molecular flexibility index (Phi) is 8.62. The predicted octanol–water partition coefficient (Wildman–Crippen LogP) is 3.96. The van der Waals surface area contributed by atoms with Gasteiger partial charge in [-0.2, -0.15) is 0 Å². The second kappa shape index (κ2) is 11.6. The predicted molar refractivity (Wildman–Crippen MR) is 130 cm³/mol. The summed E-state index contributed by atoms with van der Waals surface area (Å²) in [6.45, 7) is 7.91. The summed E-state index contributed by atoms with van der Waals surface area (Å²) in [5.41, 5.74) is 3.88. The van der Waals surface area contributed by atoms with Crippen LogP contribution in [0.25, 0.3) is 0 Å². The van der Waals surface area contributed by atoms with E-state index in [4.69, 9.17) is 14.2 Å². The van der Waals surface area contributed by atoms with E-state index in [0.717, 1.165) is 35.8 Å². The van der Waals surface area contributed by atoms with Gasteiger partial charge in [-0.3, -0.25) is 4.79 Å². The number of morpholine rings is 1. The molecule has 0 aliphatic carbocycles. The largest absolute Gasteiger partial charge is 0.492 e. The number of anilines is 3. The summed E-state index contributed by atoms with van der Waals surface area (Å²) in [5, 5.41) is 3.03. The van der Waals surface area contributed by atoms with Crippen LogP contribution >= 0.6 is 0 Å². The molecule has 0 bridgehead atoms. The molecule has 0 radical (unpaired) electrons. The molecule has 1 fully saturated rings. The number of aryl methyl sites for hydroxylation is 1. The van der Waals surface area contributed by atoms with Crippen LogP contribution in [0.4, 0.5) is 17.1 Å². The van der Waals surface area contributed by atoms with Gasteiger partial charge >= 0.3 is 0 Å². The molecule has 1 amide bonds. The van der Waals surface area contributed by atoms with Crippen molar-refractivity contribution in [2.75, 3.05) is 68.7 Å². The molecular weight excluding hydrogens is 406 g/mol. The average molecular weight is 442 g/mol. The number of ether oxygens (including phenoxy) is 3. The van der Waals surface area contributed by atoms with Crippen LogP contribution < -0.4 is 24.6 Å². The van der Waals surface area contributed by atoms with Gasteiger partial charge in [0.05, 0.1) is 37.8 Å². The molecular formula is C25H35N3O4. The molecule has 1 saturated heterocycles. The number of carbonyl (C=O) groups excluding carboxylic acids is 1. The highest BCUT2D eigenvalue weighted by molar-refractivity contribution is 5.93. The monoisotopic (exact) mass is 441 g/mol. The SMILES string of the molecule is CCOc1cc(N2CCOCC2)c(OCC)cc1NC(=O)CCc1ccc(N(C)C)cc1. The van der Waals surface area contributed by atoms with Gasteiger partial charge in [0.1, 0.15) is 11.5 Å². The van der Waals surface area contributed by atoms with Crippen LogP contribution in [0, 0.1) is 0 Å². The number of hydrogen-bond acceptors (Lipinski definition) is 6. The van der Waals surface area contributed by atoms with E-state index in [0.29, 0.717) is 50.7 Å². The maximum absolute atomic E-state index is 12.7. The number of rotatable bonds is 10. The highest BCUT2D eigenvalue weighted by Crippen LogP contribution is 2.39. The van der Waals surface area contributed by atoms with Crippen molar-refractivity contribution in [2.24, 2.45) is 0 Å². The van der Waals surface area contributed by atoms with Crippen molar-refractivity contribution in [1.82, 2.24) is 0 Å². The molecule has 1 aliphatic heterocycles. The minimum atomic E-state index is -0.0517. The van der Waals surface area contributed by atoms with Gasteiger partial charge in [-0.05, 0) is 38.0 Å². The maximum atomic E-state index is 12.7. The maximum Gasteiger partial charge on any atom is 0.224 e. The van der Waals surface area contributed by atoms with E-state index in [2.05, 4.69) is 39.4 Å². The summed E-state index contributed by atoms with van der Waals surface area (Å²) in [7, 11) is 4.03. The van der Waals surface area contributed by atoms with Crippen molar-refractivity contribution >= 4 is 23.0 Å². The zero-order valence-corrected chi connectivity index (χ0v) is 19.6. The second-order valence-electron chi connectivity index (χ2n) is 7.89. The molecule has 0 saturated carbocycles. The Bertz CT molecular complexity index is 878. The molecule has 174 valence electrons. The van der Waals surface area contributed by atoms with E-state index in [1.807, 2.05) is 40.1 Å². The van der Waals surface area contributed by atoms with E-state index in [9.17, 15) is 4.79 Å². The van der Waals surface area contributed by atoms with Crippen LogP contribution in [0.2, 0.25) is 0 Å². The molecule has 7 heteroatoms. The topological polar surface area (TPSA) is 63.3 Å². The first-order chi connectivity index (χ1) is 15.5. The Morgan fingerprint density at radius 1 is 1.03 bits per heavy atom. The average Bonchev–Trinajstić information content (AvgIpc) is 2.80. The van der Waals surface area contributed by atoms with Crippen LogP contribution in [-0.2, 0) is 16.0 Å². The lowest BCUT2D eigenvalue weighted by Gasteiger charge is -2.31. The number of amides is 1. The van der Waals surface area contributed by atoms with Crippen molar-refractivity contribution < 1.29 is 19.0 Å². The van der Waals surface area contributed by atoms with Gasteiger partial charge in [-0.1, -0.05) is 12.1 Å². The molecule has 2 aromatic rings. The lowest BCUT2D eigenvalue weighted by Crippen LogP contribution is -2.36. The Labute approximate surface area is 191 Å². The Morgan fingerprint density at radius 2 is 1.69 bits per heavy atom. The molecule has 1 aliphatic rings. The second-order valence-corrected chi connectivity index (χ2v) is 7.89. The van der Waals surface area contributed by atoms with Gasteiger partial charge in [-0.15, -0.1) is 0 Å². The zero-order valence-electron chi connectivity index (χ0n) is 19.6. The van der Waals surface area contributed by atoms with Crippen molar-refractivity contribution in [3.63, 3.8) is 0 Å². The van der Waals surface area contributed by atoms with Crippen molar-refractivity contribution in [3.8, 4) is 11.5 Å². The van der Waals surface area contributed by atoms with Crippen LogP contribution in [0.3, 0.4) is 0 Å². The van der Waals surface area contributed by atoms with Crippen molar-refractivity contribution in [3.05, 3.63) is 42.0 Å². The minimum absolute atomic E-state index is 0.0517. The fourth-order valence-electron chi connectivity index (χ4n) is 3.68. The van der Waals surface area contributed by atoms with E-state index in [-0.39, 0.29) is 5.91 Å². The summed E-state index contributed by atoms with van der Waals surface area (Å²) < 4.78 is 17.3. The molecule has 3 rings (SSSR count). The van der Waals surface area contributed by atoms with Crippen LogP contribution in [0.1, 0.15) is 25.8 Å². The van der Waals surface area contributed by atoms with E-state index in [1.165, 1.54) is 0 Å². The first kappa shape index (κ1) is 23.7. The molecule has 1 N–H and O–H groups in total. The van der Waals surface area contributed by atoms with Crippen molar-refractivity contribution in [2.45, 2.75) is 26.7 Å².